The summed E-state index contributed by atoms with van der Waals surface area (Å²) in [4.78, 5) is 2.04. The van der Waals surface area contributed by atoms with Gasteiger partial charge < -0.3 is 10.2 Å². The molecule has 1 aromatic heterocycles. The molecule has 22 heavy (non-hydrogen) atoms. The first kappa shape index (κ1) is 16.5. The molecule has 1 aromatic carbocycles. The molecule has 0 fully saturated rings. The van der Waals surface area contributed by atoms with E-state index in [4.69, 9.17) is 12.2 Å². The van der Waals surface area contributed by atoms with Crippen LogP contribution in [0.1, 0.15) is 29.3 Å². The topological polar surface area (TPSA) is 33.1 Å². The van der Waals surface area contributed by atoms with Crippen molar-refractivity contribution in [3.05, 3.63) is 46.8 Å². The average Bonchev–Trinajstić information content (AvgIpc) is 2.78. The van der Waals surface area contributed by atoms with Crippen molar-refractivity contribution in [2.75, 3.05) is 12.4 Å². The molecule has 4 nitrogen and oxygen atoms in total. The van der Waals surface area contributed by atoms with Crippen LogP contribution in [0.2, 0.25) is 0 Å². The minimum atomic E-state index is 0.716. The molecule has 0 aliphatic carbocycles. The molecule has 1 N–H and O–H groups in total. The Labute approximate surface area is 138 Å². The Kier molecular flexibility index (Phi) is 5.19. The molecule has 0 spiro atoms. The van der Waals surface area contributed by atoms with Gasteiger partial charge in [0.25, 0.3) is 0 Å². The molecule has 5 heteroatoms. The van der Waals surface area contributed by atoms with E-state index in [-0.39, 0.29) is 0 Å². The third-order valence-electron chi connectivity index (χ3n) is 3.60. The van der Waals surface area contributed by atoms with Crippen molar-refractivity contribution in [1.29, 1.82) is 0 Å². The number of aryl methyl sites for hydroxylation is 4. The van der Waals surface area contributed by atoms with E-state index in [2.05, 4.69) is 55.6 Å². The zero-order valence-electron chi connectivity index (χ0n) is 14.0. The maximum Gasteiger partial charge on any atom is 0.173 e. The maximum atomic E-state index is 5.51. The summed E-state index contributed by atoms with van der Waals surface area (Å²) in [6, 6.07) is 6.36. The fourth-order valence-electron chi connectivity index (χ4n) is 2.47. The molecule has 1 heterocycles. The molecule has 0 bridgehead atoms. The highest BCUT2D eigenvalue weighted by Gasteiger charge is 2.10. The Morgan fingerprint density at radius 3 is 2.41 bits per heavy atom. The summed E-state index contributed by atoms with van der Waals surface area (Å²) in [5.74, 6) is 0. The third-order valence-corrected chi connectivity index (χ3v) is 4.01. The SMILES string of the molecule is CCn1cc(CN(C)C(=S)Nc2cc(C)cc(C)c2)c(C)n1. The minimum absolute atomic E-state index is 0.716. The molecule has 0 unspecified atom stereocenters. The van der Waals surface area contributed by atoms with Crippen molar-refractivity contribution in [1.82, 2.24) is 14.7 Å². The van der Waals surface area contributed by atoms with Crippen LogP contribution in [0.3, 0.4) is 0 Å². The molecule has 2 rings (SSSR count). The minimum Gasteiger partial charge on any atom is -0.348 e. The lowest BCUT2D eigenvalue weighted by Gasteiger charge is -2.21. The van der Waals surface area contributed by atoms with Gasteiger partial charge in [0.1, 0.15) is 0 Å². The van der Waals surface area contributed by atoms with Crippen LogP contribution in [0.15, 0.2) is 24.4 Å². The Morgan fingerprint density at radius 2 is 1.86 bits per heavy atom. The molecule has 0 aliphatic heterocycles. The highest BCUT2D eigenvalue weighted by molar-refractivity contribution is 7.80. The predicted molar refractivity (Wildman–Crippen MR) is 96.2 cm³/mol. The normalized spacial score (nSPS) is 10.6. The number of rotatable bonds is 4. The first-order valence-corrected chi connectivity index (χ1v) is 7.93. The van der Waals surface area contributed by atoms with Crippen molar-refractivity contribution in [3.8, 4) is 0 Å². The number of thiocarbonyl (C=S) groups is 1. The lowest BCUT2D eigenvalue weighted by molar-refractivity contribution is 0.506. The highest BCUT2D eigenvalue weighted by atomic mass is 32.1. The van der Waals surface area contributed by atoms with Gasteiger partial charge in [0, 0.05) is 37.6 Å². The monoisotopic (exact) mass is 316 g/mol. The van der Waals surface area contributed by atoms with Crippen LogP contribution in [0, 0.1) is 20.8 Å². The second-order valence-corrected chi connectivity index (χ2v) is 6.14. The summed E-state index contributed by atoms with van der Waals surface area (Å²) in [5, 5.41) is 8.51. The van der Waals surface area contributed by atoms with Gasteiger partial charge in [-0.3, -0.25) is 4.68 Å². The number of hydrogen-bond donors (Lipinski definition) is 1. The molecule has 118 valence electrons. The number of nitrogens with zero attached hydrogens (tertiary/aromatic N) is 3. The first-order chi connectivity index (χ1) is 10.4. The van der Waals surface area contributed by atoms with Gasteiger partial charge in [-0.2, -0.15) is 5.10 Å². The Morgan fingerprint density at radius 1 is 1.23 bits per heavy atom. The van der Waals surface area contributed by atoms with Gasteiger partial charge in [-0.25, -0.2) is 0 Å². The van der Waals surface area contributed by atoms with Crippen LogP contribution < -0.4 is 5.32 Å². The summed E-state index contributed by atoms with van der Waals surface area (Å²) in [6.07, 6.45) is 2.09. The van der Waals surface area contributed by atoms with E-state index in [0.29, 0.717) is 5.11 Å². The van der Waals surface area contributed by atoms with Gasteiger partial charge >= 0.3 is 0 Å². The Hall–Kier alpha value is -1.88. The lowest BCUT2D eigenvalue weighted by Crippen LogP contribution is -2.30. The van der Waals surface area contributed by atoms with Gasteiger partial charge in [0.15, 0.2) is 5.11 Å². The van der Waals surface area contributed by atoms with Crippen molar-refractivity contribution in [3.63, 3.8) is 0 Å². The van der Waals surface area contributed by atoms with Gasteiger partial charge in [-0.05, 0) is 63.2 Å². The molecule has 0 aliphatic rings. The Bertz CT molecular complexity index is 655. The van der Waals surface area contributed by atoms with Crippen molar-refractivity contribution in [2.24, 2.45) is 0 Å². The maximum absolute atomic E-state index is 5.51. The Balaban J connectivity index is 2.04. The van der Waals surface area contributed by atoms with Gasteiger partial charge in [-0.15, -0.1) is 0 Å². The van der Waals surface area contributed by atoms with Crippen LogP contribution in [-0.4, -0.2) is 26.8 Å². The van der Waals surface area contributed by atoms with Crippen LogP contribution in [0.5, 0.6) is 0 Å². The van der Waals surface area contributed by atoms with E-state index in [1.165, 1.54) is 16.7 Å². The average molecular weight is 316 g/mol. The smallest absolute Gasteiger partial charge is 0.173 e. The van der Waals surface area contributed by atoms with Crippen molar-refractivity contribution < 1.29 is 0 Å². The van der Waals surface area contributed by atoms with Gasteiger partial charge in [0.2, 0.25) is 0 Å². The highest BCUT2D eigenvalue weighted by Crippen LogP contribution is 2.15. The number of hydrogen-bond acceptors (Lipinski definition) is 2. The van der Waals surface area contributed by atoms with Crippen molar-refractivity contribution >= 4 is 23.0 Å². The van der Waals surface area contributed by atoms with Crippen LogP contribution >= 0.6 is 12.2 Å². The van der Waals surface area contributed by atoms with E-state index in [1.807, 2.05) is 23.6 Å². The van der Waals surface area contributed by atoms with E-state index in [0.717, 1.165) is 24.5 Å². The number of nitrogens with one attached hydrogen (secondary N) is 1. The summed E-state index contributed by atoms with van der Waals surface area (Å²) < 4.78 is 1.96. The number of benzene rings is 1. The van der Waals surface area contributed by atoms with Crippen LogP contribution in [0.4, 0.5) is 5.69 Å². The third kappa shape index (κ3) is 4.07. The zero-order chi connectivity index (χ0) is 16.3. The standard InChI is InChI=1S/C17H24N4S/c1-6-21-11-15(14(4)19-21)10-20(5)17(22)18-16-8-12(2)7-13(3)9-16/h7-9,11H,6,10H2,1-5H3,(H,18,22). The van der Waals surface area contributed by atoms with Gasteiger partial charge in [-0.1, -0.05) is 6.07 Å². The molecule has 0 radical (unpaired) electrons. The largest absolute Gasteiger partial charge is 0.348 e. The van der Waals surface area contributed by atoms with Crippen molar-refractivity contribution in [2.45, 2.75) is 40.8 Å². The van der Waals surface area contributed by atoms with E-state index < -0.39 is 0 Å². The van der Waals surface area contributed by atoms with Gasteiger partial charge in [0.05, 0.1) is 5.69 Å². The fraction of sp³-hybridized carbons (Fsp3) is 0.412. The molecular weight excluding hydrogens is 292 g/mol. The van der Waals surface area contributed by atoms with E-state index in [9.17, 15) is 0 Å². The molecule has 2 aromatic rings. The van der Waals surface area contributed by atoms with E-state index in [1.54, 1.807) is 0 Å². The second-order valence-electron chi connectivity index (χ2n) is 5.76. The number of anilines is 1. The first-order valence-electron chi connectivity index (χ1n) is 7.52. The number of aromatic nitrogens is 2. The van der Waals surface area contributed by atoms with Crippen LogP contribution in [0.25, 0.3) is 0 Å². The summed E-state index contributed by atoms with van der Waals surface area (Å²) in [7, 11) is 2.00. The predicted octanol–water partition coefficient (Wildman–Crippen LogP) is 3.66. The molecule has 0 saturated heterocycles. The fourth-order valence-corrected chi connectivity index (χ4v) is 2.65. The summed E-state index contributed by atoms with van der Waals surface area (Å²) >= 11 is 5.51. The molecule has 0 atom stereocenters. The second kappa shape index (κ2) is 6.92. The van der Waals surface area contributed by atoms with E-state index >= 15 is 0 Å². The summed E-state index contributed by atoms with van der Waals surface area (Å²) in [6.45, 7) is 9.95. The quantitative estimate of drug-likeness (QED) is 0.873. The lowest BCUT2D eigenvalue weighted by atomic mass is 10.1. The zero-order valence-corrected chi connectivity index (χ0v) is 14.8. The molecular formula is C17H24N4S. The molecule has 0 saturated carbocycles. The van der Waals surface area contributed by atoms with Crippen LogP contribution in [-0.2, 0) is 13.1 Å². The summed E-state index contributed by atoms with van der Waals surface area (Å²) in [5.41, 5.74) is 5.76. The molecule has 0 amide bonds.